The summed E-state index contributed by atoms with van der Waals surface area (Å²) in [6.45, 7) is 1.96. The molecule has 0 bridgehead atoms. The molecule has 0 unspecified atom stereocenters. The van der Waals surface area contributed by atoms with Gasteiger partial charge in [-0.1, -0.05) is 51.8 Å². The van der Waals surface area contributed by atoms with Crippen molar-refractivity contribution in [3.63, 3.8) is 0 Å². The summed E-state index contributed by atoms with van der Waals surface area (Å²) in [7, 11) is 0. The number of thiocarbonyl (C=S) groups is 1. The summed E-state index contributed by atoms with van der Waals surface area (Å²) in [6.07, 6.45) is 0. The zero-order chi connectivity index (χ0) is 18.0. The number of hydrogen-bond donors (Lipinski definition) is 2. The fraction of sp³-hybridized carbons (Fsp3) is 0.0526. The molecule has 0 fully saturated rings. The first-order chi connectivity index (χ1) is 12.0. The fourth-order valence-corrected chi connectivity index (χ4v) is 3.48. The van der Waals surface area contributed by atoms with Crippen LogP contribution >= 0.6 is 39.7 Å². The van der Waals surface area contributed by atoms with Crippen LogP contribution in [0.5, 0.6) is 0 Å². The molecule has 0 saturated carbocycles. The van der Waals surface area contributed by atoms with Crippen LogP contribution in [0.3, 0.4) is 0 Å². The summed E-state index contributed by atoms with van der Waals surface area (Å²) in [5.41, 5.74) is 2.38. The molecule has 0 heterocycles. The highest BCUT2D eigenvalue weighted by atomic mass is 79.9. The van der Waals surface area contributed by atoms with Crippen LogP contribution in [0, 0.1) is 6.92 Å². The lowest BCUT2D eigenvalue weighted by Gasteiger charge is -2.13. The average Bonchev–Trinajstić information content (AvgIpc) is 2.57. The first kappa shape index (κ1) is 17.9. The highest BCUT2D eigenvalue weighted by molar-refractivity contribution is 9.10. The number of amides is 1. The van der Waals surface area contributed by atoms with Gasteiger partial charge in [-0.2, -0.15) is 0 Å². The number of halogens is 2. The Bertz CT molecular complexity index is 990. The number of fused-ring (bicyclic) bond motifs is 1. The van der Waals surface area contributed by atoms with E-state index >= 15 is 0 Å². The number of carbonyl (C=O) groups excluding carboxylic acids is 1. The maximum atomic E-state index is 12.6. The first-order valence-electron chi connectivity index (χ1n) is 7.51. The molecule has 3 aromatic rings. The largest absolute Gasteiger partial charge is 0.332 e. The lowest BCUT2D eigenvalue weighted by molar-refractivity contribution is 0.0979. The quantitative estimate of drug-likeness (QED) is 0.510. The number of aryl methyl sites for hydroxylation is 1. The zero-order valence-corrected chi connectivity index (χ0v) is 16.4. The molecule has 0 aromatic heterocycles. The number of anilines is 1. The molecule has 1 amide bonds. The van der Waals surface area contributed by atoms with Gasteiger partial charge in [-0.05, 0) is 60.4 Å². The van der Waals surface area contributed by atoms with E-state index in [0.717, 1.165) is 26.5 Å². The van der Waals surface area contributed by atoms with Gasteiger partial charge in [0.25, 0.3) is 5.91 Å². The zero-order valence-electron chi connectivity index (χ0n) is 13.3. The van der Waals surface area contributed by atoms with Gasteiger partial charge in [0.1, 0.15) is 0 Å². The van der Waals surface area contributed by atoms with Crippen molar-refractivity contribution in [2.75, 3.05) is 5.32 Å². The van der Waals surface area contributed by atoms with Crippen LogP contribution in [0.2, 0.25) is 5.02 Å². The highest BCUT2D eigenvalue weighted by Crippen LogP contribution is 2.26. The second kappa shape index (κ2) is 7.52. The standard InChI is InChI=1S/C19H14BrClN2OS/c1-11-10-12(20)8-9-17(11)22-19(25)23-18(24)15-6-2-5-14-13(15)4-3-7-16(14)21/h2-10H,1H3,(H2,22,23,24,25). The van der Waals surface area contributed by atoms with Crippen molar-refractivity contribution in [3.05, 3.63) is 75.2 Å². The molecule has 0 aliphatic rings. The highest BCUT2D eigenvalue weighted by Gasteiger charge is 2.13. The lowest BCUT2D eigenvalue weighted by Crippen LogP contribution is -2.34. The second-order valence-corrected chi connectivity index (χ2v) is 7.24. The van der Waals surface area contributed by atoms with Crippen molar-refractivity contribution in [1.29, 1.82) is 0 Å². The molecule has 0 spiro atoms. The summed E-state index contributed by atoms with van der Waals surface area (Å²) in [6, 6.07) is 16.7. The van der Waals surface area contributed by atoms with Crippen LogP contribution in [0.25, 0.3) is 10.8 Å². The third-order valence-electron chi connectivity index (χ3n) is 3.78. The average molecular weight is 434 g/mol. The number of rotatable bonds is 2. The minimum absolute atomic E-state index is 0.245. The second-order valence-electron chi connectivity index (χ2n) is 5.51. The SMILES string of the molecule is Cc1cc(Br)ccc1NC(=S)NC(=O)c1cccc2c(Cl)cccc12. The van der Waals surface area contributed by atoms with Crippen LogP contribution < -0.4 is 10.6 Å². The summed E-state index contributed by atoms with van der Waals surface area (Å²) >= 11 is 14.9. The van der Waals surface area contributed by atoms with Gasteiger partial charge in [-0.3, -0.25) is 10.1 Å². The number of carbonyl (C=O) groups is 1. The monoisotopic (exact) mass is 432 g/mol. The van der Waals surface area contributed by atoms with E-state index in [1.807, 2.05) is 43.3 Å². The van der Waals surface area contributed by atoms with E-state index in [0.29, 0.717) is 10.6 Å². The van der Waals surface area contributed by atoms with Crippen molar-refractivity contribution in [3.8, 4) is 0 Å². The van der Waals surface area contributed by atoms with Crippen LogP contribution in [-0.2, 0) is 0 Å². The molecular formula is C19H14BrClN2OS. The molecular weight excluding hydrogens is 420 g/mol. The topological polar surface area (TPSA) is 41.1 Å². The summed E-state index contributed by atoms with van der Waals surface area (Å²) < 4.78 is 0.984. The van der Waals surface area contributed by atoms with Gasteiger partial charge in [0.2, 0.25) is 0 Å². The molecule has 3 nitrogen and oxygen atoms in total. The third-order valence-corrected chi connectivity index (χ3v) is 4.80. The molecule has 0 aliphatic carbocycles. The van der Waals surface area contributed by atoms with Crippen molar-refractivity contribution < 1.29 is 4.79 Å². The number of benzene rings is 3. The molecule has 0 aliphatic heterocycles. The maximum Gasteiger partial charge on any atom is 0.258 e. The normalized spacial score (nSPS) is 10.5. The van der Waals surface area contributed by atoms with Crippen molar-refractivity contribution in [2.24, 2.45) is 0 Å². The van der Waals surface area contributed by atoms with E-state index in [-0.39, 0.29) is 11.0 Å². The molecule has 0 saturated heterocycles. The molecule has 0 radical (unpaired) electrons. The Morgan fingerprint density at radius 2 is 1.80 bits per heavy atom. The van der Waals surface area contributed by atoms with Crippen molar-refractivity contribution >= 4 is 67.2 Å². The molecule has 6 heteroatoms. The van der Waals surface area contributed by atoms with E-state index in [1.165, 1.54) is 0 Å². The van der Waals surface area contributed by atoms with E-state index in [4.69, 9.17) is 23.8 Å². The lowest BCUT2D eigenvalue weighted by atomic mass is 10.0. The Labute approximate surface area is 164 Å². The number of hydrogen-bond acceptors (Lipinski definition) is 2. The Morgan fingerprint density at radius 3 is 2.56 bits per heavy atom. The summed E-state index contributed by atoms with van der Waals surface area (Å²) in [5.74, 6) is -0.278. The van der Waals surface area contributed by atoms with Crippen molar-refractivity contribution in [2.45, 2.75) is 6.92 Å². The molecule has 3 rings (SSSR count). The Hall–Kier alpha value is -1.95. The maximum absolute atomic E-state index is 12.6. The number of nitrogens with one attached hydrogen (secondary N) is 2. The van der Waals surface area contributed by atoms with Gasteiger partial charge in [-0.25, -0.2) is 0 Å². The van der Waals surface area contributed by atoms with Gasteiger partial charge in [-0.15, -0.1) is 0 Å². The fourth-order valence-electron chi connectivity index (χ4n) is 2.56. The van der Waals surface area contributed by atoms with Crippen LogP contribution in [0.4, 0.5) is 5.69 Å². The Morgan fingerprint density at radius 1 is 1.08 bits per heavy atom. The van der Waals surface area contributed by atoms with E-state index in [9.17, 15) is 4.79 Å². The predicted octanol–water partition coefficient (Wildman–Crippen LogP) is 5.69. The van der Waals surface area contributed by atoms with Gasteiger partial charge >= 0.3 is 0 Å². The summed E-state index contributed by atoms with van der Waals surface area (Å²) in [5, 5.41) is 8.25. The van der Waals surface area contributed by atoms with Gasteiger partial charge in [0.05, 0.1) is 0 Å². The van der Waals surface area contributed by atoms with Gasteiger partial charge < -0.3 is 5.32 Å². The molecule has 126 valence electrons. The minimum Gasteiger partial charge on any atom is -0.332 e. The van der Waals surface area contributed by atoms with E-state index < -0.39 is 0 Å². The van der Waals surface area contributed by atoms with Crippen molar-refractivity contribution in [1.82, 2.24) is 5.32 Å². The molecule has 3 aromatic carbocycles. The van der Waals surface area contributed by atoms with Crippen LogP contribution in [0.1, 0.15) is 15.9 Å². The predicted molar refractivity (Wildman–Crippen MR) is 112 cm³/mol. The third kappa shape index (κ3) is 4.00. The first-order valence-corrected chi connectivity index (χ1v) is 9.09. The molecule has 0 atom stereocenters. The van der Waals surface area contributed by atoms with E-state index in [2.05, 4.69) is 26.6 Å². The molecule has 25 heavy (non-hydrogen) atoms. The van der Waals surface area contributed by atoms with Gasteiger partial charge in [0, 0.05) is 26.1 Å². The van der Waals surface area contributed by atoms with E-state index in [1.54, 1.807) is 18.2 Å². The molecule has 2 N–H and O–H groups in total. The summed E-state index contributed by atoms with van der Waals surface area (Å²) in [4.78, 5) is 12.6. The van der Waals surface area contributed by atoms with Crippen LogP contribution in [0.15, 0.2) is 59.1 Å². The Balaban J connectivity index is 1.80. The van der Waals surface area contributed by atoms with Gasteiger partial charge in [0.15, 0.2) is 5.11 Å². The Kier molecular flexibility index (Phi) is 5.37. The minimum atomic E-state index is -0.278. The van der Waals surface area contributed by atoms with Crippen LogP contribution in [-0.4, -0.2) is 11.0 Å². The smallest absolute Gasteiger partial charge is 0.258 e.